The average molecular weight is 381 g/mol. The van der Waals surface area contributed by atoms with Crippen molar-refractivity contribution in [3.05, 3.63) is 54.6 Å². The van der Waals surface area contributed by atoms with Crippen LogP contribution >= 0.6 is 0 Å². The molecule has 3 heterocycles. The van der Waals surface area contributed by atoms with Crippen LogP contribution in [0, 0.1) is 0 Å². The molecule has 28 heavy (non-hydrogen) atoms. The number of benzene rings is 1. The topological polar surface area (TPSA) is 94.1 Å². The molecule has 1 amide bonds. The van der Waals surface area contributed by atoms with Crippen LogP contribution in [0.5, 0.6) is 11.5 Å². The van der Waals surface area contributed by atoms with E-state index >= 15 is 0 Å². The number of para-hydroxylation sites is 2. The van der Waals surface area contributed by atoms with Gasteiger partial charge in [0, 0.05) is 25.4 Å². The number of carbonyl (C=O) groups is 1. The summed E-state index contributed by atoms with van der Waals surface area (Å²) in [5.74, 6) is 2.08. The van der Waals surface area contributed by atoms with Crippen LogP contribution in [0.4, 0.5) is 5.95 Å². The first-order valence-corrected chi connectivity index (χ1v) is 9.49. The van der Waals surface area contributed by atoms with E-state index in [1.54, 1.807) is 0 Å². The second kappa shape index (κ2) is 8.60. The summed E-state index contributed by atoms with van der Waals surface area (Å²) in [6.07, 6.45) is 7.04. The Balaban J connectivity index is 1.21. The molecule has 4 rings (SSSR count). The number of H-pyrrole nitrogens is 1. The van der Waals surface area contributed by atoms with Crippen LogP contribution in [0.15, 0.2) is 48.8 Å². The predicted molar refractivity (Wildman–Crippen MR) is 103 cm³/mol. The molecular weight excluding hydrogens is 358 g/mol. The third-order valence-electron chi connectivity index (χ3n) is 4.55. The molecule has 1 aromatic carbocycles. The normalized spacial score (nSPS) is 15.4. The number of nitrogens with zero attached hydrogens (tertiary/aromatic N) is 3. The van der Waals surface area contributed by atoms with Gasteiger partial charge in [0.2, 0.25) is 11.9 Å². The standard InChI is InChI=1S/C20H23N5O3/c26-18(10-2-1-5-11-25-12-6-7-13-25)21-20-22-19(23-24-20)17-14-27-15-8-3-4-9-16(15)28-17/h3-4,6-9,12-13,17H,1-2,5,10-11,14H2,(H2,21,22,23,24,26)/t17-/m0/s1. The van der Waals surface area contributed by atoms with E-state index in [0.29, 0.717) is 30.4 Å². The summed E-state index contributed by atoms with van der Waals surface area (Å²) in [5.41, 5.74) is 0. The Bertz CT molecular complexity index is 906. The maximum atomic E-state index is 12.1. The first-order valence-electron chi connectivity index (χ1n) is 9.49. The first-order chi connectivity index (χ1) is 13.8. The van der Waals surface area contributed by atoms with Gasteiger partial charge in [-0.2, -0.15) is 4.98 Å². The highest BCUT2D eigenvalue weighted by atomic mass is 16.6. The quantitative estimate of drug-likeness (QED) is 0.584. The van der Waals surface area contributed by atoms with Crippen LogP contribution in [-0.4, -0.2) is 32.3 Å². The Kier molecular flexibility index (Phi) is 5.56. The van der Waals surface area contributed by atoms with Gasteiger partial charge in [0.15, 0.2) is 23.4 Å². The number of nitrogens with one attached hydrogen (secondary N) is 2. The van der Waals surface area contributed by atoms with Crippen molar-refractivity contribution in [1.29, 1.82) is 0 Å². The number of aromatic amines is 1. The molecule has 0 spiro atoms. The fourth-order valence-electron chi connectivity index (χ4n) is 3.09. The second-order valence-electron chi connectivity index (χ2n) is 6.69. The zero-order valence-corrected chi connectivity index (χ0v) is 15.5. The van der Waals surface area contributed by atoms with Crippen LogP contribution in [0.25, 0.3) is 0 Å². The first kappa shape index (κ1) is 18.1. The molecule has 0 unspecified atom stereocenters. The maximum absolute atomic E-state index is 12.1. The molecule has 2 N–H and O–H groups in total. The molecule has 0 bridgehead atoms. The lowest BCUT2D eigenvalue weighted by Crippen LogP contribution is -2.22. The smallest absolute Gasteiger partial charge is 0.248 e. The van der Waals surface area contributed by atoms with Gasteiger partial charge in [0.05, 0.1) is 0 Å². The molecule has 1 atom stereocenters. The Morgan fingerprint density at radius 2 is 1.96 bits per heavy atom. The summed E-state index contributed by atoms with van der Waals surface area (Å²) in [5, 5.41) is 9.61. The van der Waals surface area contributed by atoms with Crippen molar-refractivity contribution in [2.24, 2.45) is 0 Å². The van der Waals surface area contributed by atoms with Crippen molar-refractivity contribution in [3.63, 3.8) is 0 Å². The minimum atomic E-state index is -0.387. The Morgan fingerprint density at radius 3 is 2.82 bits per heavy atom. The third kappa shape index (κ3) is 4.51. The number of anilines is 1. The molecule has 2 aromatic heterocycles. The Hall–Kier alpha value is -3.29. The predicted octanol–water partition coefficient (Wildman–Crippen LogP) is 3.32. The van der Waals surface area contributed by atoms with Crippen LogP contribution in [-0.2, 0) is 11.3 Å². The number of carbonyl (C=O) groups excluding carboxylic acids is 1. The zero-order valence-electron chi connectivity index (χ0n) is 15.5. The number of aryl methyl sites for hydroxylation is 1. The molecule has 0 saturated heterocycles. The van der Waals surface area contributed by atoms with Crippen molar-refractivity contribution in [2.75, 3.05) is 11.9 Å². The lowest BCUT2D eigenvalue weighted by molar-refractivity contribution is -0.116. The molecule has 0 radical (unpaired) electrons. The lowest BCUT2D eigenvalue weighted by Gasteiger charge is -2.24. The van der Waals surface area contributed by atoms with E-state index in [1.165, 1.54) is 0 Å². The summed E-state index contributed by atoms with van der Waals surface area (Å²) in [6.45, 7) is 1.31. The van der Waals surface area contributed by atoms with E-state index in [2.05, 4.69) is 25.1 Å². The van der Waals surface area contributed by atoms with Gasteiger partial charge in [-0.25, -0.2) is 0 Å². The molecule has 1 aliphatic heterocycles. The molecule has 8 nitrogen and oxygen atoms in total. The van der Waals surface area contributed by atoms with Gasteiger partial charge in [0.25, 0.3) is 0 Å². The highest BCUT2D eigenvalue weighted by Gasteiger charge is 2.25. The SMILES string of the molecule is O=C(CCCCCn1cccc1)Nc1n[nH]c([C@@H]2COc3ccccc3O2)n1. The summed E-state index contributed by atoms with van der Waals surface area (Å²) < 4.78 is 13.7. The summed E-state index contributed by atoms with van der Waals surface area (Å²) in [7, 11) is 0. The van der Waals surface area contributed by atoms with Crippen molar-refractivity contribution < 1.29 is 14.3 Å². The number of rotatable bonds is 8. The van der Waals surface area contributed by atoms with Crippen LogP contribution in [0.3, 0.4) is 0 Å². The van der Waals surface area contributed by atoms with Crippen LogP contribution < -0.4 is 14.8 Å². The number of fused-ring (bicyclic) bond motifs is 1. The monoisotopic (exact) mass is 381 g/mol. The number of hydrogen-bond acceptors (Lipinski definition) is 5. The summed E-state index contributed by atoms with van der Waals surface area (Å²) >= 11 is 0. The van der Waals surface area contributed by atoms with Gasteiger partial charge in [-0.15, -0.1) is 5.10 Å². The molecule has 3 aromatic rings. The van der Waals surface area contributed by atoms with Crippen molar-refractivity contribution >= 4 is 11.9 Å². The number of unbranched alkanes of at least 4 members (excludes halogenated alkanes) is 2. The van der Waals surface area contributed by atoms with Gasteiger partial charge in [-0.3, -0.25) is 15.2 Å². The van der Waals surface area contributed by atoms with E-state index in [4.69, 9.17) is 9.47 Å². The molecule has 8 heteroatoms. The third-order valence-corrected chi connectivity index (χ3v) is 4.55. The fraction of sp³-hybridized carbons (Fsp3) is 0.350. The minimum Gasteiger partial charge on any atom is -0.485 e. The van der Waals surface area contributed by atoms with E-state index in [0.717, 1.165) is 25.8 Å². The summed E-state index contributed by atoms with van der Waals surface area (Å²) in [6, 6.07) is 11.5. The Morgan fingerprint density at radius 1 is 1.14 bits per heavy atom. The number of hydrogen-bond donors (Lipinski definition) is 2. The van der Waals surface area contributed by atoms with Crippen LogP contribution in [0.1, 0.15) is 37.6 Å². The highest BCUT2D eigenvalue weighted by molar-refractivity contribution is 5.88. The van der Waals surface area contributed by atoms with E-state index in [1.807, 2.05) is 48.8 Å². The molecule has 146 valence electrons. The van der Waals surface area contributed by atoms with Crippen LogP contribution in [0.2, 0.25) is 0 Å². The second-order valence-corrected chi connectivity index (χ2v) is 6.69. The largest absolute Gasteiger partial charge is 0.485 e. The van der Waals surface area contributed by atoms with Gasteiger partial charge in [0.1, 0.15) is 6.61 Å². The van der Waals surface area contributed by atoms with Crippen molar-refractivity contribution in [2.45, 2.75) is 38.3 Å². The Labute approximate surface area is 162 Å². The van der Waals surface area contributed by atoms with Gasteiger partial charge >= 0.3 is 0 Å². The lowest BCUT2D eigenvalue weighted by atomic mass is 10.2. The average Bonchev–Trinajstić information content (AvgIpc) is 3.39. The van der Waals surface area contributed by atoms with Gasteiger partial charge in [-0.05, 0) is 37.1 Å². The molecule has 0 saturated carbocycles. The van der Waals surface area contributed by atoms with E-state index in [-0.39, 0.29) is 18.0 Å². The zero-order chi connectivity index (χ0) is 19.2. The van der Waals surface area contributed by atoms with E-state index < -0.39 is 0 Å². The summed E-state index contributed by atoms with van der Waals surface area (Å²) in [4.78, 5) is 16.4. The van der Waals surface area contributed by atoms with Gasteiger partial charge < -0.3 is 14.0 Å². The molecule has 0 aliphatic carbocycles. The number of amides is 1. The van der Waals surface area contributed by atoms with Crippen molar-refractivity contribution in [1.82, 2.24) is 19.7 Å². The van der Waals surface area contributed by atoms with E-state index in [9.17, 15) is 4.79 Å². The fourth-order valence-corrected chi connectivity index (χ4v) is 3.09. The number of ether oxygens (including phenoxy) is 2. The molecule has 1 aliphatic rings. The minimum absolute atomic E-state index is 0.0855. The molecular formula is C20H23N5O3. The van der Waals surface area contributed by atoms with Gasteiger partial charge in [-0.1, -0.05) is 18.6 Å². The number of aromatic nitrogens is 4. The maximum Gasteiger partial charge on any atom is 0.248 e. The van der Waals surface area contributed by atoms with Crippen molar-refractivity contribution in [3.8, 4) is 11.5 Å². The highest BCUT2D eigenvalue weighted by Crippen LogP contribution is 2.35. The molecule has 0 fully saturated rings.